The Bertz CT molecular complexity index is 498. The second-order valence-corrected chi connectivity index (χ2v) is 5.20. The van der Waals surface area contributed by atoms with Crippen molar-refractivity contribution in [1.29, 1.82) is 5.26 Å². The van der Waals surface area contributed by atoms with E-state index in [0.717, 1.165) is 18.4 Å². The van der Waals surface area contributed by atoms with E-state index in [9.17, 15) is 4.79 Å². The van der Waals surface area contributed by atoms with Gasteiger partial charge < -0.3 is 9.73 Å². The minimum atomic E-state index is -0.529. The van der Waals surface area contributed by atoms with Gasteiger partial charge in [-0.3, -0.25) is 4.90 Å². The maximum absolute atomic E-state index is 11.8. The molecule has 0 aromatic heterocycles. The number of aliphatic imine (C=N–C) groups is 1. The van der Waals surface area contributed by atoms with Gasteiger partial charge in [0.2, 0.25) is 0 Å². The molecule has 25 heavy (non-hydrogen) atoms. The second kappa shape index (κ2) is 14.0. The van der Waals surface area contributed by atoms with Crippen LogP contribution in [0.25, 0.3) is 0 Å². The molecule has 140 valence electrons. The predicted molar refractivity (Wildman–Crippen MR) is 105 cm³/mol. The van der Waals surface area contributed by atoms with Crippen molar-refractivity contribution >= 4 is 12.8 Å². The fourth-order valence-electron chi connectivity index (χ4n) is 2.51. The van der Waals surface area contributed by atoms with Crippen molar-refractivity contribution in [2.75, 3.05) is 6.54 Å². The van der Waals surface area contributed by atoms with Gasteiger partial charge in [-0.2, -0.15) is 0 Å². The van der Waals surface area contributed by atoms with E-state index in [1.54, 1.807) is 0 Å². The normalized spacial score (nSPS) is 14.6. The van der Waals surface area contributed by atoms with Crippen molar-refractivity contribution in [2.24, 2.45) is 4.99 Å². The first-order valence-electron chi connectivity index (χ1n) is 8.82. The third-order valence-electron chi connectivity index (χ3n) is 3.40. The smallest absolute Gasteiger partial charge is 0.415 e. The average Bonchev–Trinajstić information content (AvgIpc) is 2.66. The topological polar surface area (TPSA) is 65.7 Å². The molecule has 5 heteroatoms. The van der Waals surface area contributed by atoms with Crippen molar-refractivity contribution in [3.8, 4) is 6.57 Å². The maximum Gasteiger partial charge on any atom is 0.415 e. The Morgan fingerprint density at radius 2 is 1.72 bits per heavy atom. The van der Waals surface area contributed by atoms with Gasteiger partial charge in [-0.1, -0.05) is 58.0 Å². The molecule has 0 saturated carbocycles. The van der Waals surface area contributed by atoms with Gasteiger partial charge in [0.25, 0.3) is 0 Å². The zero-order valence-corrected chi connectivity index (χ0v) is 16.5. The van der Waals surface area contributed by atoms with E-state index < -0.39 is 5.72 Å². The molecule has 0 N–H and O–H groups in total. The molecule has 1 aromatic carbocycles. The average molecular weight is 348 g/mol. The predicted octanol–water partition coefficient (Wildman–Crippen LogP) is 5.59. The Balaban J connectivity index is 0. The molecule has 1 fully saturated rings. The monoisotopic (exact) mass is 347 g/mol. The minimum Gasteiger partial charge on any atom is -0.423 e. The number of carbonyl (C=O) groups excluding carboxylic acids is 1. The van der Waals surface area contributed by atoms with Crippen LogP contribution in [0.2, 0.25) is 0 Å². The number of benzene rings is 1. The van der Waals surface area contributed by atoms with E-state index in [-0.39, 0.29) is 12.1 Å². The highest BCUT2D eigenvalue weighted by Gasteiger charge is 2.49. The Morgan fingerprint density at radius 1 is 1.20 bits per heavy atom. The lowest BCUT2D eigenvalue weighted by molar-refractivity contribution is -0.181. The van der Waals surface area contributed by atoms with Gasteiger partial charge in [-0.05, 0) is 39.0 Å². The van der Waals surface area contributed by atoms with E-state index in [4.69, 9.17) is 10.00 Å². The third kappa shape index (κ3) is 7.38. The fourth-order valence-corrected chi connectivity index (χ4v) is 2.51. The number of cyclic esters (lactones) is 1. The molecule has 1 atom stereocenters. The summed E-state index contributed by atoms with van der Waals surface area (Å²) in [6.45, 7) is 19.5. The van der Waals surface area contributed by atoms with Crippen molar-refractivity contribution in [1.82, 2.24) is 4.90 Å². The summed E-state index contributed by atoms with van der Waals surface area (Å²) in [5.41, 5.74) is 0.607. The zero-order valence-electron chi connectivity index (χ0n) is 16.5. The summed E-state index contributed by atoms with van der Waals surface area (Å²) >= 11 is 0. The van der Waals surface area contributed by atoms with Crippen molar-refractivity contribution in [2.45, 2.75) is 66.2 Å². The molecule has 0 aliphatic carbocycles. The first-order chi connectivity index (χ1) is 12.1. The highest BCUT2D eigenvalue weighted by Crippen LogP contribution is 2.39. The molecule has 1 aliphatic heterocycles. The zero-order chi connectivity index (χ0) is 19.9. The molecular weight excluding hydrogens is 314 g/mol. The van der Waals surface area contributed by atoms with Crippen LogP contribution < -0.4 is 0 Å². The number of nitriles is 1. The van der Waals surface area contributed by atoms with Gasteiger partial charge in [0.05, 0.1) is 6.04 Å². The highest BCUT2D eigenvalue weighted by atomic mass is 16.6. The quantitative estimate of drug-likeness (QED) is 0.497. The molecule has 2 rings (SSSR count). The lowest BCUT2D eigenvalue weighted by Crippen LogP contribution is -2.62. The van der Waals surface area contributed by atoms with Crippen molar-refractivity contribution < 1.29 is 9.53 Å². The Morgan fingerprint density at radius 3 is 2.12 bits per heavy atom. The number of hydrogen-bond donors (Lipinski definition) is 0. The van der Waals surface area contributed by atoms with Crippen LogP contribution in [0, 0.1) is 11.8 Å². The fraction of sp³-hybridized carbons (Fsp3) is 0.550. The molecule has 5 nitrogen and oxygen atoms in total. The lowest BCUT2D eigenvalue weighted by Gasteiger charge is -2.50. The van der Waals surface area contributed by atoms with Crippen LogP contribution in [0.1, 0.15) is 66.0 Å². The largest absolute Gasteiger partial charge is 0.423 e. The SMILES string of the molecule is C#N.C=NCCCC(c1ccccc1)N1C(=O)OC1(C)C.CC.CC. The molecule has 1 aliphatic rings. The highest BCUT2D eigenvalue weighted by molar-refractivity contribution is 5.74. The molecule has 1 saturated heterocycles. The molecule has 0 bridgehead atoms. The number of amides is 1. The van der Waals surface area contributed by atoms with E-state index in [2.05, 4.69) is 18.3 Å². The second-order valence-electron chi connectivity index (χ2n) is 5.20. The number of carbonyl (C=O) groups is 1. The molecule has 1 heterocycles. The first kappa shape index (κ1) is 24.9. The Hall–Kier alpha value is -2.35. The van der Waals surface area contributed by atoms with E-state index in [0.29, 0.717) is 6.54 Å². The van der Waals surface area contributed by atoms with Crippen LogP contribution in [0.3, 0.4) is 0 Å². The molecule has 0 spiro atoms. The Kier molecular flexibility index (Phi) is 14.0. The Labute approximate surface area is 153 Å². The third-order valence-corrected chi connectivity index (χ3v) is 3.40. The summed E-state index contributed by atoms with van der Waals surface area (Å²) in [7, 11) is 0. The first-order valence-corrected chi connectivity index (χ1v) is 8.82. The van der Waals surface area contributed by atoms with Crippen LogP contribution in [-0.4, -0.2) is 30.0 Å². The maximum atomic E-state index is 11.8. The minimum absolute atomic E-state index is 0.0409. The van der Waals surface area contributed by atoms with Gasteiger partial charge in [-0.15, -0.1) is 0 Å². The molecule has 0 radical (unpaired) electrons. The van der Waals surface area contributed by atoms with E-state index in [1.165, 1.54) is 0 Å². The molecule has 1 aromatic rings. The number of rotatable bonds is 6. The van der Waals surface area contributed by atoms with Crippen molar-refractivity contribution in [3.05, 3.63) is 35.9 Å². The summed E-state index contributed by atoms with van der Waals surface area (Å²) in [6, 6.07) is 10.1. The summed E-state index contributed by atoms with van der Waals surface area (Å²) in [5, 5.41) is 6.50. The standard InChI is InChI=1S/C15H20N2O2.2C2H6.CHN/c1-15(2)17(14(18)19-15)13(10-7-11-16-3)12-8-5-4-6-9-12;3*1-2/h4-6,8-9,13H,3,7,10-11H2,1-2H3;2*1-2H3;1H. The van der Waals surface area contributed by atoms with Crippen LogP contribution >= 0.6 is 0 Å². The van der Waals surface area contributed by atoms with Gasteiger partial charge in [0, 0.05) is 13.1 Å². The van der Waals surface area contributed by atoms with Crippen LogP contribution in [-0.2, 0) is 4.74 Å². The van der Waals surface area contributed by atoms with Gasteiger partial charge in [0.1, 0.15) is 0 Å². The van der Waals surface area contributed by atoms with Gasteiger partial charge in [0.15, 0.2) is 5.72 Å². The summed E-state index contributed by atoms with van der Waals surface area (Å²) < 4.78 is 5.20. The molecule has 1 amide bonds. The van der Waals surface area contributed by atoms with Gasteiger partial charge >= 0.3 is 6.09 Å². The van der Waals surface area contributed by atoms with Crippen molar-refractivity contribution in [3.63, 3.8) is 0 Å². The molecule has 1 unspecified atom stereocenters. The number of ether oxygens (including phenoxy) is 1. The number of nitrogens with zero attached hydrogens (tertiary/aromatic N) is 3. The summed E-state index contributed by atoms with van der Waals surface area (Å²) in [5.74, 6) is 0. The van der Waals surface area contributed by atoms with Crippen LogP contribution in [0.15, 0.2) is 35.3 Å². The lowest BCUT2D eigenvalue weighted by atomic mass is 9.97. The van der Waals surface area contributed by atoms with Crippen LogP contribution in [0.5, 0.6) is 0 Å². The molecular formula is C20H33N3O2. The summed E-state index contributed by atoms with van der Waals surface area (Å²) in [6.07, 6.45) is 1.52. The number of hydrogen-bond acceptors (Lipinski definition) is 4. The van der Waals surface area contributed by atoms with E-state index in [1.807, 2.05) is 76.8 Å². The van der Waals surface area contributed by atoms with Crippen LogP contribution in [0.4, 0.5) is 4.79 Å². The summed E-state index contributed by atoms with van der Waals surface area (Å²) in [4.78, 5) is 17.4. The van der Waals surface area contributed by atoms with Gasteiger partial charge in [-0.25, -0.2) is 10.1 Å². The van der Waals surface area contributed by atoms with E-state index >= 15 is 0 Å².